The van der Waals surface area contributed by atoms with E-state index in [-0.39, 0.29) is 18.5 Å². The third-order valence-electron chi connectivity index (χ3n) is 2.89. The van der Waals surface area contributed by atoms with Crippen LogP contribution < -0.4 is 21.3 Å². The summed E-state index contributed by atoms with van der Waals surface area (Å²) in [6.45, 7) is 4.40. The van der Waals surface area contributed by atoms with Gasteiger partial charge in [0.2, 0.25) is 5.91 Å². The second-order valence-electron chi connectivity index (χ2n) is 4.39. The van der Waals surface area contributed by atoms with Crippen molar-refractivity contribution in [1.29, 1.82) is 0 Å². The summed E-state index contributed by atoms with van der Waals surface area (Å²) in [5.41, 5.74) is 1.83. The molecule has 0 heterocycles. The highest BCUT2D eigenvalue weighted by Crippen LogP contribution is 2.15. The zero-order valence-corrected chi connectivity index (χ0v) is 12.1. The van der Waals surface area contributed by atoms with Crippen molar-refractivity contribution in [2.24, 2.45) is 0 Å². The first kappa shape index (κ1) is 16.0. The van der Waals surface area contributed by atoms with E-state index in [0.717, 1.165) is 5.56 Å². The molecule has 0 radical (unpaired) electrons. The Morgan fingerprint density at radius 1 is 1.15 bits per heavy atom. The van der Waals surface area contributed by atoms with Gasteiger partial charge in [0.15, 0.2) is 0 Å². The van der Waals surface area contributed by atoms with Crippen LogP contribution in [0.25, 0.3) is 0 Å². The molecule has 0 saturated carbocycles. The zero-order valence-electron chi connectivity index (χ0n) is 12.1. The fraction of sp³-hybridized carbons (Fsp3) is 0.429. The lowest BCUT2D eigenvalue weighted by Crippen LogP contribution is -2.38. The Labute approximate surface area is 119 Å². The van der Waals surface area contributed by atoms with Gasteiger partial charge in [0.05, 0.1) is 6.54 Å². The maximum Gasteiger partial charge on any atom is 0.319 e. The predicted octanol–water partition coefficient (Wildman–Crippen LogP) is 1.22. The molecule has 6 heteroatoms. The fourth-order valence-electron chi connectivity index (χ4n) is 1.62. The fourth-order valence-corrected chi connectivity index (χ4v) is 1.62. The van der Waals surface area contributed by atoms with E-state index < -0.39 is 6.03 Å². The molecule has 3 amide bonds. The van der Waals surface area contributed by atoms with Crippen molar-refractivity contribution in [2.75, 3.05) is 25.5 Å². The lowest BCUT2D eigenvalue weighted by atomic mass is 10.1. The van der Waals surface area contributed by atoms with Gasteiger partial charge in [-0.3, -0.25) is 4.79 Å². The molecule has 0 fully saturated rings. The summed E-state index contributed by atoms with van der Waals surface area (Å²) in [6, 6.07) is 7.41. The first-order valence-electron chi connectivity index (χ1n) is 6.65. The van der Waals surface area contributed by atoms with Gasteiger partial charge in [0.25, 0.3) is 0 Å². The molecule has 20 heavy (non-hydrogen) atoms. The summed E-state index contributed by atoms with van der Waals surface area (Å²) in [6.07, 6.45) is 0. The topological polar surface area (TPSA) is 82.3 Å². The molecule has 1 atom stereocenters. The van der Waals surface area contributed by atoms with E-state index in [9.17, 15) is 9.59 Å². The molecule has 0 aliphatic heterocycles. The molecular formula is C14H22N4O2. The van der Waals surface area contributed by atoms with Crippen molar-refractivity contribution in [3.8, 4) is 0 Å². The third kappa shape index (κ3) is 5.27. The minimum absolute atomic E-state index is 0.0332. The lowest BCUT2D eigenvalue weighted by Gasteiger charge is -2.12. The molecule has 1 aromatic carbocycles. The number of nitrogens with one attached hydrogen (secondary N) is 4. The monoisotopic (exact) mass is 278 g/mol. The van der Waals surface area contributed by atoms with Crippen molar-refractivity contribution in [1.82, 2.24) is 16.0 Å². The van der Waals surface area contributed by atoms with E-state index in [1.807, 2.05) is 38.2 Å². The van der Waals surface area contributed by atoms with Crippen LogP contribution in [-0.4, -0.2) is 32.1 Å². The second-order valence-corrected chi connectivity index (χ2v) is 4.39. The lowest BCUT2D eigenvalue weighted by molar-refractivity contribution is -0.119. The van der Waals surface area contributed by atoms with Crippen molar-refractivity contribution < 1.29 is 9.59 Å². The van der Waals surface area contributed by atoms with E-state index in [4.69, 9.17) is 0 Å². The molecule has 0 spiro atoms. The smallest absolute Gasteiger partial charge is 0.319 e. The molecule has 6 nitrogen and oxygen atoms in total. The quantitative estimate of drug-likeness (QED) is 0.631. The molecule has 1 unspecified atom stereocenters. The molecule has 0 saturated heterocycles. The van der Waals surface area contributed by atoms with Gasteiger partial charge >= 0.3 is 6.03 Å². The second kappa shape index (κ2) is 8.16. The van der Waals surface area contributed by atoms with Gasteiger partial charge in [-0.25, -0.2) is 4.79 Å². The van der Waals surface area contributed by atoms with Crippen molar-refractivity contribution in [3.05, 3.63) is 29.8 Å². The van der Waals surface area contributed by atoms with Gasteiger partial charge in [-0.15, -0.1) is 0 Å². The first-order valence-corrected chi connectivity index (χ1v) is 6.65. The number of hydrogen-bond acceptors (Lipinski definition) is 3. The number of carbonyl (C=O) groups is 2. The van der Waals surface area contributed by atoms with Crippen LogP contribution in [0.3, 0.4) is 0 Å². The van der Waals surface area contributed by atoms with Crippen LogP contribution in [0.5, 0.6) is 0 Å². The first-order chi connectivity index (χ1) is 9.56. The molecule has 4 N–H and O–H groups in total. The molecule has 0 aliphatic rings. The number of carbonyl (C=O) groups excluding carboxylic acids is 2. The normalized spacial score (nSPS) is 11.6. The Kier molecular flexibility index (Phi) is 6.52. The van der Waals surface area contributed by atoms with Crippen LogP contribution in [0.1, 0.15) is 25.5 Å². The maximum absolute atomic E-state index is 11.6. The Hall–Kier alpha value is -2.08. The molecule has 0 aliphatic carbocycles. The van der Waals surface area contributed by atoms with Gasteiger partial charge in [-0.2, -0.15) is 0 Å². The highest BCUT2D eigenvalue weighted by atomic mass is 16.2. The van der Waals surface area contributed by atoms with Crippen LogP contribution in [0.2, 0.25) is 0 Å². The molecule has 0 bridgehead atoms. The van der Waals surface area contributed by atoms with Gasteiger partial charge in [-0.05, 0) is 38.6 Å². The van der Waals surface area contributed by atoms with E-state index in [2.05, 4.69) is 28.2 Å². The zero-order chi connectivity index (χ0) is 15.0. The molecular weight excluding hydrogens is 256 g/mol. The number of urea groups is 1. The summed E-state index contributed by atoms with van der Waals surface area (Å²) in [5, 5.41) is 10.9. The number of hydrogen-bond donors (Lipinski definition) is 4. The molecule has 0 aromatic heterocycles. The van der Waals surface area contributed by atoms with Crippen LogP contribution >= 0.6 is 0 Å². The number of benzene rings is 1. The maximum atomic E-state index is 11.6. The largest absolute Gasteiger partial charge is 0.355 e. The summed E-state index contributed by atoms with van der Waals surface area (Å²) in [7, 11) is 1.89. The minimum Gasteiger partial charge on any atom is -0.355 e. The SMILES string of the molecule is CCNC(=O)CNC(=O)Nc1ccc(C(C)NC)cc1. The average Bonchev–Trinajstić information content (AvgIpc) is 2.45. The summed E-state index contributed by atoms with van der Waals surface area (Å²) in [4.78, 5) is 22.8. The summed E-state index contributed by atoms with van der Waals surface area (Å²) in [5.74, 6) is -0.208. The standard InChI is InChI=1S/C14H22N4O2/c1-4-16-13(19)9-17-14(20)18-12-7-5-11(6-8-12)10(2)15-3/h5-8,10,15H,4,9H2,1-3H3,(H,16,19)(H2,17,18,20). The van der Waals surface area contributed by atoms with Crippen LogP contribution in [0, 0.1) is 0 Å². The molecule has 1 rings (SSSR count). The van der Waals surface area contributed by atoms with E-state index in [1.54, 1.807) is 0 Å². The van der Waals surface area contributed by atoms with E-state index >= 15 is 0 Å². The number of amides is 3. The predicted molar refractivity (Wildman–Crippen MR) is 79.6 cm³/mol. The van der Waals surface area contributed by atoms with Crippen molar-refractivity contribution in [3.63, 3.8) is 0 Å². The Morgan fingerprint density at radius 2 is 1.80 bits per heavy atom. The highest BCUT2D eigenvalue weighted by molar-refractivity contribution is 5.92. The third-order valence-corrected chi connectivity index (χ3v) is 2.89. The van der Waals surface area contributed by atoms with Crippen LogP contribution in [0.4, 0.5) is 10.5 Å². The summed E-state index contributed by atoms with van der Waals surface area (Å²) >= 11 is 0. The Bertz CT molecular complexity index is 445. The van der Waals surface area contributed by atoms with Gasteiger partial charge in [-0.1, -0.05) is 12.1 Å². The average molecular weight is 278 g/mol. The van der Waals surface area contributed by atoms with E-state index in [1.165, 1.54) is 0 Å². The van der Waals surface area contributed by atoms with Crippen LogP contribution in [0.15, 0.2) is 24.3 Å². The molecule has 1 aromatic rings. The van der Waals surface area contributed by atoms with Gasteiger partial charge < -0.3 is 21.3 Å². The number of anilines is 1. The number of likely N-dealkylation sites (N-methyl/N-ethyl adjacent to an activating group) is 1. The van der Waals surface area contributed by atoms with Crippen LogP contribution in [-0.2, 0) is 4.79 Å². The van der Waals surface area contributed by atoms with Crippen molar-refractivity contribution in [2.45, 2.75) is 19.9 Å². The highest BCUT2D eigenvalue weighted by Gasteiger charge is 2.06. The van der Waals surface area contributed by atoms with Gasteiger partial charge in [0, 0.05) is 18.3 Å². The summed E-state index contributed by atoms with van der Waals surface area (Å²) < 4.78 is 0. The Balaban J connectivity index is 2.44. The van der Waals surface area contributed by atoms with E-state index in [0.29, 0.717) is 12.2 Å². The Morgan fingerprint density at radius 3 is 2.35 bits per heavy atom. The minimum atomic E-state index is -0.398. The number of rotatable bonds is 6. The van der Waals surface area contributed by atoms with Gasteiger partial charge in [0.1, 0.15) is 0 Å². The van der Waals surface area contributed by atoms with Crippen molar-refractivity contribution >= 4 is 17.6 Å². The molecule has 110 valence electrons.